The summed E-state index contributed by atoms with van der Waals surface area (Å²) in [4.78, 5) is 20.5. The van der Waals surface area contributed by atoms with E-state index in [1.165, 1.54) is 0 Å². The van der Waals surface area contributed by atoms with Crippen LogP contribution in [0.3, 0.4) is 0 Å². The number of rotatable bonds is 15. The molecule has 1 fully saturated rings. The second kappa shape index (κ2) is 15.9. The number of aromatic hydroxyl groups is 1. The Labute approximate surface area is 282 Å². The first-order valence-electron chi connectivity index (χ1n) is 17.1. The van der Waals surface area contributed by atoms with Crippen LogP contribution in [0.5, 0.6) is 5.75 Å². The van der Waals surface area contributed by atoms with Crippen LogP contribution in [0.1, 0.15) is 109 Å². The van der Waals surface area contributed by atoms with Crippen molar-refractivity contribution in [2.75, 3.05) is 31.2 Å². The molecule has 10 nitrogen and oxygen atoms in total. The number of piperidine rings is 1. The molecule has 1 aromatic carbocycles. The van der Waals surface area contributed by atoms with Crippen LogP contribution in [-0.2, 0) is 31.8 Å². The van der Waals surface area contributed by atoms with Crippen LogP contribution in [0.25, 0.3) is 5.65 Å². The van der Waals surface area contributed by atoms with Gasteiger partial charge in [0.15, 0.2) is 23.4 Å². The quantitative estimate of drug-likeness (QED) is 0.137. The molecule has 0 aliphatic carbocycles. The highest BCUT2D eigenvalue weighted by atomic mass is 19.2. The number of fused-ring (bicyclic) bond motifs is 1. The number of aromatic nitrogens is 3. The SMILES string of the molecule is CCOC(=O)[C@@H](OC(C)(C)C)c1c(C)nc2cc(CCCc3c(O)ccc(F)c3F)nn2c1N1CCC(C)(OCCCC[C@@H](C)O)CC1. The number of ether oxygens (including phenoxy) is 3. The predicted octanol–water partition coefficient (Wildman–Crippen LogP) is 6.54. The molecule has 266 valence electrons. The smallest absolute Gasteiger partial charge is 0.340 e. The standard InChI is InChI=1S/C36H52F2N4O6/c1-8-46-34(45)32(48-35(4,5)6)30-24(3)39-29-22-25(13-11-14-26-28(44)16-15-27(37)31(26)38)40-42(29)33(30)41-19-17-36(7,18-20-41)47-21-10-9-12-23(2)43/h15-16,22-23,32,43-44H,8-14,17-21H2,1-7H3/t23-,32+/m1/s1. The van der Waals surface area contributed by atoms with Gasteiger partial charge < -0.3 is 29.3 Å². The first-order valence-corrected chi connectivity index (χ1v) is 17.1. The van der Waals surface area contributed by atoms with Gasteiger partial charge in [-0.2, -0.15) is 9.61 Å². The summed E-state index contributed by atoms with van der Waals surface area (Å²) in [5, 5.41) is 24.6. The molecule has 0 amide bonds. The predicted molar refractivity (Wildman–Crippen MR) is 179 cm³/mol. The summed E-state index contributed by atoms with van der Waals surface area (Å²) in [7, 11) is 0. The third kappa shape index (κ3) is 9.41. The van der Waals surface area contributed by atoms with Gasteiger partial charge in [-0.3, -0.25) is 0 Å². The lowest BCUT2D eigenvalue weighted by Crippen LogP contribution is -2.46. The maximum Gasteiger partial charge on any atom is 0.340 e. The van der Waals surface area contributed by atoms with Gasteiger partial charge in [-0.1, -0.05) is 0 Å². The zero-order valence-electron chi connectivity index (χ0n) is 29.4. The maximum absolute atomic E-state index is 14.4. The number of phenolic OH excluding ortho intramolecular Hbond substituents is 1. The van der Waals surface area contributed by atoms with E-state index in [4.69, 9.17) is 24.3 Å². The fraction of sp³-hybridized carbons (Fsp3) is 0.639. The van der Waals surface area contributed by atoms with Crippen molar-refractivity contribution in [1.29, 1.82) is 0 Å². The van der Waals surface area contributed by atoms with E-state index in [-0.39, 0.29) is 36.0 Å². The highest BCUT2D eigenvalue weighted by molar-refractivity contribution is 5.80. The lowest BCUT2D eigenvalue weighted by Gasteiger charge is -2.41. The van der Waals surface area contributed by atoms with Crippen molar-refractivity contribution in [3.63, 3.8) is 0 Å². The van der Waals surface area contributed by atoms with E-state index in [1.807, 2.05) is 33.8 Å². The number of halogens is 2. The van der Waals surface area contributed by atoms with Gasteiger partial charge in [0.05, 0.1) is 35.2 Å². The number of nitrogens with zero attached hydrogens (tertiary/aromatic N) is 4. The van der Waals surface area contributed by atoms with E-state index < -0.39 is 29.3 Å². The normalized spacial score (nSPS) is 16.3. The lowest BCUT2D eigenvalue weighted by atomic mass is 9.92. The Kier molecular flexibility index (Phi) is 12.4. The molecule has 0 unspecified atom stereocenters. The van der Waals surface area contributed by atoms with E-state index in [0.717, 1.165) is 44.2 Å². The Balaban J connectivity index is 1.66. The number of carbonyl (C=O) groups excluding carboxylic acids is 1. The summed E-state index contributed by atoms with van der Waals surface area (Å²) in [5.41, 5.74) is 1.41. The van der Waals surface area contributed by atoms with Crippen LogP contribution in [0.4, 0.5) is 14.6 Å². The number of hydrogen-bond acceptors (Lipinski definition) is 9. The Morgan fingerprint density at radius 3 is 2.48 bits per heavy atom. The van der Waals surface area contributed by atoms with Crippen molar-refractivity contribution in [1.82, 2.24) is 14.6 Å². The van der Waals surface area contributed by atoms with Crippen molar-refractivity contribution in [3.05, 3.63) is 52.3 Å². The number of aliphatic hydroxyl groups excluding tert-OH is 1. The molecule has 48 heavy (non-hydrogen) atoms. The largest absolute Gasteiger partial charge is 0.508 e. The summed E-state index contributed by atoms with van der Waals surface area (Å²) in [5.74, 6) is -2.14. The third-order valence-electron chi connectivity index (χ3n) is 8.71. The highest BCUT2D eigenvalue weighted by Gasteiger charge is 2.38. The Morgan fingerprint density at radius 1 is 1.12 bits per heavy atom. The minimum atomic E-state index is -1.05. The van der Waals surface area contributed by atoms with Crippen molar-refractivity contribution < 1.29 is 38.0 Å². The van der Waals surface area contributed by atoms with E-state index in [9.17, 15) is 23.8 Å². The number of benzene rings is 1. The second-order valence-electron chi connectivity index (χ2n) is 14.0. The molecular weight excluding hydrogens is 622 g/mol. The molecule has 2 N–H and O–H groups in total. The van der Waals surface area contributed by atoms with E-state index in [0.29, 0.717) is 61.0 Å². The molecule has 1 saturated heterocycles. The van der Waals surface area contributed by atoms with Crippen molar-refractivity contribution in [2.24, 2.45) is 0 Å². The van der Waals surface area contributed by atoms with Crippen LogP contribution < -0.4 is 4.90 Å². The topological polar surface area (TPSA) is 119 Å². The fourth-order valence-electron chi connectivity index (χ4n) is 6.15. The van der Waals surface area contributed by atoms with Crippen LogP contribution in [0.15, 0.2) is 18.2 Å². The van der Waals surface area contributed by atoms with Gasteiger partial charge >= 0.3 is 5.97 Å². The molecular formula is C36H52F2N4O6. The molecule has 1 aliphatic rings. The number of carbonyl (C=O) groups is 1. The van der Waals surface area contributed by atoms with Crippen LogP contribution >= 0.6 is 0 Å². The molecule has 0 bridgehead atoms. The van der Waals surface area contributed by atoms with Gasteiger partial charge in [-0.25, -0.2) is 18.6 Å². The summed E-state index contributed by atoms with van der Waals surface area (Å²) >= 11 is 0. The first-order chi connectivity index (χ1) is 22.6. The monoisotopic (exact) mass is 674 g/mol. The molecule has 3 aromatic rings. The molecule has 0 saturated carbocycles. The zero-order chi connectivity index (χ0) is 35.2. The fourth-order valence-corrected chi connectivity index (χ4v) is 6.15. The Bertz CT molecular complexity index is 1550. The number of anilines is 1. The number of esters is 1. The molecule has 12 heteroatoms. The highest BCUT2D eigenvalue weighted by Crippen LogP contribution is 2.38. The van der Waals surface area contributed by atoms with Crippen molar-refractivity contribution in [3.8, 4) is 5.75 Å². The number of unbranched alkanes of at least 4 members (excludes halogenated alkanes) is 1. The summed E-state index contributed by atoms with van der Waals surface area (Å²) < 4.78 is 48.2. The maximum atomic E-state index is 14.4. The number of aliphatic hydroxyl groups is 1. The van der Waals surface area contributed by atoms with Crippen LogP contribution in [0, 0.1) is 18.6 Å². The van der Waals surface area contributed by atoms with Gasteiger partial charge in [0.1, 0.15) is 11.6 Å². The molecule has 3 heterocycles. The molecule has 0 radical (unpaired) electrons. The third-order valence-corrected chi connectivity index (χ3v) is 8.71. The Hall–Kier alpha value is -3.35. The van der Waals surface area contributed by atoms with Crippen molar-refractivity contribution in [2.45, 2.75) is 123 Å². The number of phenols is 1. The molecule has 2 atom stereocenters. The molecule has 2 aromatic heterocycles. The summed E-state index contributed by atoms with van der Waals surface area (Å²) in [6, 6.07) is 3.92. The average Bonchev–Trinajstić information content (AvgIpc) is 3.41. The molecule has 4 rings (SSSR count). The van der Waals surface area contributed by atoms with E-state index in [1.54, 1.807) is 18.4 Å². The number of aryl methyl sites for hydroxylation is 2. The first kappa shape index (κ1) is 37.5. The molecule has 0 spiro atoms. The van der Waals surface area contributed by atoms with Gasteiger partial charge in [0.25, 0.3) is 0 Å². The zero-order valence-corrected chi connectivity index (χ0v) is 29.4. The van der Waals surface area contributed by atoms with Crippen molar-refractivity contribution >= 4 is 17.4 Å². The van der Waals surface area contributed by atoms with E-state index >= 15 is 0 Å². The summed E-state index contributed by atoms with van der Waals surface area (Å²) in [6.45, 7) is 15.3. The summed E-state index contributed by atoms with van der Waals surface area (Å²) in [6.07, 6.45) is 3.62. The van der Waals surface area contributed by atoms with Gasteiger partial charge in [0, 0.05) is 37.0 Å². The second-order valence-corrected chi connectivity index (χ2v) is 14.0. The van der Waals surface area contributed by atoms with Gasteiger partial charge in [0.2, 0.25) is 0 Å². The minimum Gasteiger partial charge on any atom is -0.508 e. The van der Waals surface area contributed by atoms with Gasteiger partial charge in [-0.05, 0) is 112 Å². The average molecular weight is 675 g/mol. The lowest BCUT2D eigenvalue weighted by molar-refractivity contribution is -0.166. The van der Waals surface area contributed by atoms with E-state index in [2.05, 4.69) is 11.8 Å². The minimum absolute atomic E-state index is 0.0612. The van der Waals surface area contributed by atoms with Crippen LogP contribution in [-0.4, -0.2) is 74.4 Å². The van der Waals surface area contributed by atoms with Gasteiger partial charge in [-0.15, -0.1) is 0 Å². The molecule has 1 aliphatic heterocycles. The number of hydrogen-bond donors (Lipinski definition) is 2. The Morgan fingerprint density at radius 2 is 1.83 bits per heavy atom. The van der Waals surface area contributed by atoms with Crippen LogP contribution in [0.2, 0.25) is 0 Å².